The second-order valence-electron chi connectivity index (χ2n) is 5.42. The summed E-state index contributed by atoms with van der Waals surface area (Å²) in [6, 6.07) is 15.0. The Morgan fingerprint density at radius 1 is 1.05 bits per heavy atom. The molecular formula is C17H24N4. The van der Waals surface area contributed by atoms with Crippen LogP contribution in [0.2, 0.25) is 0 Å². The molecule has 4 nitrogen and oxygen atoms in total. The SMILES string of the molecule is CCN(Cc1ccccc1)c1ccc(CNC(C)C)nn1. The Hall–Kier alpha value is -1.94. The minimum atomic E-state index is 0.455. The molecule has 0 aliphatic heterocycles. The van der Waals surface area contributed by atoms with E-state index in [1.807, 2.05) is 12.1 Å². The maximum absolute atomic E-state index is 4.36. The van der Waals surface area contributed by atoms with Crippen LogP contribution in [0.15, 0.2) is 42.5 Å². The zero-order valence-corrected chi connectivity index (χ0v) is 13.1. The Balaban J connectivity index is 2.01. The first-order chi connectivity index (χ1) is 10.2. The summed E-state index contributed by atoms with van der Waals surface area (Å²) in [6.45, 7) is 8.92. The summed E-state index contributed by atoms with van der Waals surface area (Å²) in [5, 5.41) is 12.0. The molecule has 0 amide bonds. The molecule has 0 saturated heterocycles. The highest BCUT2D eigenvalue weighted by molar-refractivity contribution is 5.38. The van der Waals surface area contributed by atoms with Gasteiger partial charge in [0.2, 0.25) is 0 Å². The predicted molar refractivity (Wildman–Crippen MR) is 87.2 cm³/mol. The summed E-state index contributed by atoms with van der Waals surface area (Å²) in [6.07, 6.45) is 0. The Morgan fingerprint density at radius 3 is 2.38 bits per heavy atom. The molecule has 1 heterocycles. The van der Waals surface area contributed by atoms with E-state index in [1.165, 1.54) is 5.56 Å². The van der Waals surface area contributed by atoms with Crippen molar-refractivity contribution in [1.29, 1.82) is 0 Å². The maximum atomic E-state index is 4.36. The molecule has 1 aromatic heterocycles. The second-order valence-corrected chi connectivity index (χ2v) is 5.42. The number of aromatic nitrogens is 2. The fourth-order valence-electron chi connectivity index (χ4n) is 2.08. The minimum Gasteiger partial charge on any atom is -0.351 e. The zero-order valence-electron chi connectivity index (χ0n) is 13.1. The molecule has 0 aliphatic rings. The van der Waals surface area contributed by atoms with Crippen molar-refractivity contribution >= 4 is 5.82 Å². The summed E-state index contributed by atoms with van der Waals surface area (Å²) >= 11 is 0. The Morgan fingerprint density at radius 2 is 1.81 bits per heavy atom. The van der Waals surface area contributed by atoms with Gasteiger partial charge in [-0.05, 0) is 24.6 Å². The third-order valence-corrected chi connectivity index (χ3v) is 3.32. The van der Waals surface area contributed by atoms with Gasteiger partial charge in [0.05, 0.1) is 5.69 Å². The van der Waals surface area contributed by atoms with Gasteiger partial charge < -0.3 is 10.2 Å². The van der Waals surface area contributed by atoms with Gasteiger partial charge in [0.15, 0.2) is 5.82 Å². The number of rotatable bonds is 7. The van der Waals surface area contributed by atoms with Gasteiger partial charge in [0, 0.05) is 25.7 Å². The first-order valence-electron chi connectivity index (χ1n) is 7.54. The third-order valence-electron chi connectivity index (χ3n) is 3.32. The summed E-state index contributed by atoms with van der Waals surface area (Å²) < 4.78 is 0. The van der Waals surface area contributed by atoms with Crippen molar-refractivity contribution in [2.45, 2.75) is 39.9 Å². The highest BCUT2D eigenvalue weighted by atomic mass is 15.3. The van der Waals surface area contributed by atoms with Crippen LogP contribution < -0.4 is 10.2 Å². The van der Waals surface area contributed by atoms with Crippen molar-refractivity contribution in [2.24, 2.45) is 0 Å². The van der Waals surface area contributed by atoms with Crippen LogP contribution in [-0.4, -0.2) is 22.8 Å². The minimum absolute atomic E-state index is 0.455. The van der Waals surface area contributed by atoms with Gasteiger partial charge in [0.25, 0.3) is 0 Å². The predicted octanol–water partition coefficient (Wildman–Crippen LogP) is 3.00. The van der Waals surface area contributed by atoms with E-state index in [0.717, 1.165) is 31.1 Å². The van der Waals surface area contributed by atoms with Gasteiger partial charge in [-0.25, -0.2) is 0 Å². The molecule has 0 aliphatic carbocycles. The highest BCUT2D eigenvalue weighted by Gasteiger charge is 2.07. The monoisotopic (exact) mass is 284 g/mol. The van der Waals surface area contributed by atoms with Gasteiger partial charge in [-0.1, -0.05) is 44.2 Å². The molecule has 112 valence electrons. The summed E-state index contributed by atoms with van der Waals surface area (Å²) in [4.78, 5) is 2.22. The van der Waals surface area contributed by atoms with E-state index in [4.69, 9.17) is 0 Å². The molecule has 1 N–H and O–H groups in total. The first kappa shape index (κ1) is 15.4. The molecule has 0 atom stereocenters. The number of hydrogen-bond donors (Lipinski definition) is 1. The van der Waals surface area contributed by atoms with Crippen LogP contribution in [0.5, 0.6) is 0 Å². The van der Waals surface area contributed by atoms with E-state index in [9.17, 15) is 0 Å². The highest BCUT2D eigenvalue weighted by Crippen LogP contribution is 2.13. The normalized spacial score (nSPS) is 10.9. The molecule has 0 bridgehead atoms. The number of hydrogen-bond acceptors (Lipinski definition) is 4. The number of benzene rings is 1. The quantitative estimate of drug-likeness (QED) is 0.848. The molecule has 0 unspecified atom stereocenters. The summed E-state index contributed by atoms with van der Waals surface area (Å²) in [5.41, 5.74) is 2.26. The van der Waals surface area contributed by atoms with Crippen molar-refractivity contribution in [2.75, 3.05) is 11.4 Å². The van der Waals surface area contributed by atoms with Gasteiger partial charge in [-0.3, -0.25) is 0 Å². The topological polar surface area (TPSA) is 41.0 Å². The average Bonchev–Trinajstić information content (AvgIpc) is 2.52. The fourth-order valence-corrected chi connectivity index (χ4v) is 2.08. The van der Waals surface area contributed by atoms with Crippen molar-refractivity contribution < 1.29 is 0 Å². The van der Waals surface area contributed by atoms with Crippen LogP contribution in [0.4, 0.5) is 5.82 Å². The van der Waals surface area contributed by atoms with E-state index in [1.54, 1.807) is 0 Å². The van der Waals surface area contributed by atoms with E-state index >= 15 is 0 Å². The molecule has 0 saturated carbocycles. The standard InChI is InChI=1S/C17H24N4/c1-4-21(13-15-8-6-5-7-9-15)17-11-10-16(19-20-17)12-18-14(2)3/h5-11,14,18H,4,12-13H2,1-3H3. The molecule has 21 heavy (non-hydrogen) atoms. The molecule has 0 radical (unpaired) electrons. The molecule has 4 heteroatoms. The Labute approximate surface area is 127 Å². The van der Waals surface area contributed by atoms with Gasteiger partial charge in [-0.15, -0.1) is 5.10 Å². The molecular weight excluding hydrogens is 260 g/mol. The van der Waals surface area contributed by atoms with E-state index in [-0.39, 0.29) is 0 Å². The van der Waals surface area contributed by atoms with Gasteiger partial charge in [0.1, 0.15) is 0 Å². The fraction of sp³-hybridized carbons (Fsp3) is 0.412. The lowest BCUT2D eigenvalue weighted by Gasteiger charge is -2.21. The zero-order chi connectivity index (χ0) is 15.1. The largest absolute Gasteiger partial charge is 0.351 e. The Kier molecular flexibility index (Phi) is 5.69. The number of nitrogens with one attached hydrogen (secondary N) is 1. The second kappa shape index (κ2) is 7.74. The maximum Gasteiger partial charge on any atom is 0.151 e. The van der Waals surface area contributed by atoms with Crippen LogP contribution in [-0.2, 0) is 13.1 Å². The Bertz CT molecular complexity index is 522. The van der Waals surface area contributed by atoms with Crippen LogP contribution in [0.3, 0.4) is 0 Å². The van der Waals surface area contributed by atoms with Crippen LogP contribution >= 0.6 is 0 Å². The molecule has 0 spiro atoms. The lowest BCUT2D eigenvalue weighted by atomic mass is 10.2. The van der Waals surface area contributed by atoms with Crippen LogP contribution in [0, 0.1) is 0 Å². The number of nitrogens with zero attached hydrogens (tertiary/aromatic N) is 3. The lowest BCUT2D eigenvalue weighted by Crippen LogP contribution is -2.25. The summed E-state index contributed by atoms with van der Waals surface area (Å²) in [7, 11) is 0. The van der Waals surface area contributed by atoms with Gasteiger partial charge in [-0.2, -0.15) is 5.10 Å². The van der Waals surface area contributed by atoms with Crippen LogP contribution in [0.25, 0.3) is 0 Å². The average molecular weight is 284 g/mol. The smallest absolute Gasteiger partial charge is 0.151 e. The third kappa shape index (κ3) is 4.83. The van der Waals surface area contributed by atoms with Crippen molar-refractivity contribution in [1.82, 2.24) is 15.5 Å². The van der Waals surface area contributed by atoms with Crippen molar-refractivity contribution in [3.63, 3.8) is 0 Å². The number of anilines is 1. The first-order valence-corrected chi connectivity index (χ1v) is 7.54. The van der Waals surface area contributed by atoms with E-state index < -0.39 is 0 Å². The van der Waals surface area contributed by atoms with Crippen molar-refractivity contribution in [3.8, 4) is 0 Å². The molecule has 1 aromatic carbocycles. The summed E-state index contributed by atoms with van der Waals surface area (Å²) in [5.74, 6) is 0.926. The van der Waals surface area contributed by atoms with Gasteiger partial charge >= 0.3 is 0 Å². The molecule has 0 fully saturated rings. The molecule has 2 aromatic rings. The van der Waals surface area contributed by atoms with Crippen molar-refractivity contribution in [3.05, 3.63) is 53.7 Å². The van der Waals surface area contributed by atoms with E-state index in [2.05, 4.69) is 71.5 Å². The lowest BCUT2D eigenvalue weighted by molar-refractivity contribution is 0.577. The van der Waals surface area contributed by atoms with E-state index in [0.29, 0.717) is 6.04 Å². The van der Waals surface area contributed by atoms with Crippen LogP contribution in [0.1, 0.15) is 32.0 Å². The molecule has 2 rings (SSSR count).